The highest BCUT2D eigenvalue weighted by atomic mass is 16.5. The molecule has 0 rings (SSSR count). The Morgan fingerprint density at radius 3 is 2.05 bits per heavy atom. The summed E-state index contributed by atoms with van der Waals surface area (Å²) < 4.78 is 11.8. The fourth-order valence-corrected chi connectivity index (χ4v) is 2.32. The van der Waals surface area contributed by atoms with E-state index < -0.39 is 0 Å². The molecule has 0 radical (unpaired) electrons. The average molecular weight is 273 g/mol. The summed E-state index contributed by atoms with van der Waals surface area (Å²) in [7, 11) is 0. The Bertz CT molecular complexity index is 209. The van der Waals surface area contributed by atoms with Crippen molar-refractivity contribution in [2.75, 3.05) is 6.61 Å². The second-order valence-electron chi connectivity index (χ2n) is 6.11. The van der Waals surface area contributed by atoms with Crippen LogP contribution in [0, 0.1) is 5.92 Å². The Kier molecular flexibility index (Phi) is 10.6. The second-order valence-corrected chi connectivity index (χ2v) is 6.11. The molecule has 0 aromatic rings. The number of rotatable bonds is 11. The van der Waals surface area contributed by atoms with Crippen molar-refractivity contribution >= 4 is 0 Å². The first-order valence-corrected chi connectivity index (χ1v) is 7.89. The van der Waals surface area contributed by atoms with Gasteiger partial charge in [0.15, 0.2) is 0 Å². The van der Waals surface area contributed by atoms with Gasteiger partial charge in [-0.2, -0.15) is 0 Å². The lowest BCUT2D eigenvalue weighted by atomic mass is 9.99. The van der Waals surface area contributed by atoms with Crippen LogP contribution in [-0.4, -0.2) is 31.0 Å². The van der Waals surface area contributed by atoms with Gasteiger partial charge in [0, 0.05) is 12.6 Å². The first-order valence-electron chi connectivity index (χ1n) is 7.89. The normalized spacial score (nSPS) is 19.7. The molecule has 0 saturated carbocycles. The first-order chi connectivity index (χ1) is 8.86. The van der Waals surface area contributed by atoms with E-state index in [0.717, 1.165) is 25.9 Å². The van der Waals surface area contributed by atoms with Gasteiger partial charge in [0.05, 0.1) is 18.3 Å². The summed E-state index contributed by atoms with van der Waals surface area (Å²) in [5.41, 5.74) is 5.79. The third kappa shape index (κ3) is 10.3. The van der Waals surface area contributed by atoms with Crippen molar-refractivity contribution in [3.05, 3.63) is 0 Å². The molecule has 3 heteroatoms. The minimum absolute atomic E-state index is 0.205. The highest BCUT2D eigenvalue weighted by Crippen LogP contribution is 2.17. The number of hydrogen-bond donors (Lipinski definition) is 1. The van der Waals surface area contributed by atoms with Crippen LogP contribution in [0.2, 0.25) is 0 Å². The Morgan fingerprint density at radius 2 is 1.53 bits per heavy atom. The number of ether oxygens (including phenoxy) is 2. The molecule has 116 valence electrons. The smallest absolute Gasteiger partial charge is 0.0573 e. The van der Waals surface area contributed by atoms with E-state index in [1.54, 1.807) is 0 Å². The highest BCUT2D eigenvalue weighted by molar-refractivity contribution is 4.68. The zero-order valence-electron chi connectivity index (χ0n) is 13.8. The van der Waals surface area contributed by atoms with E-state index in [9.17, 15) is 0 Å². The molecule has 2 N–H and O–H groups in total. The lowest BCUT2D eigenvalue weighted by molar-refractivity contribution is -0.0327. The lowest BCUT2D eigenvalue weighted by Crippen LogP contribution is -2.28. The predicted octanol–water partition coefficient (Wildman–Crippen LogP) is 3.75. The average Bonchev–Trinajstić information content (AvgIpc) is 2.27. The van der Waals surface area contributed by atoms with Gasteiger partial charge < -0.3 is 15.2 Å². The summed E-state index contributed by atoms with van der Waals surface area (Å²) >= 11 is 0. The van der Waals surface area contributed by atoms with E-state index in [4.69, 9.17) is 15.2 Å². The second kappa shape index (κ2) is 10.6. The van der Waals surface area contributed by atoms with Crippen LogP contribution in [0.3, 0.4) is 0 Å². The minimum Gasteiger partial charge on any atom is -0.378 e. The zero-order chi connectivity index (χ0) is 14.8. The molecule has 0 fully saturated rings. The van der Waals surface area contributed by atoms with Gasteiger partial charge in [-0.3, -0.25) is 0 Å². The SMILES string of the molecule is CCCCOC(C)C(C)CC(C)OC(C)CC(C)N. The molecule has 0 aromatic carbocycles. The quantitative estimate of drug-likeness (QED) is 0.583. The Labute approximate surface area is 120 Å². The van der Waals surface area contributed by atoms with Gasteiger partial charge in [0.25, 0.3) is 0 Å². The van der Waals surface area contributed by atoms with E-state index in [-0.39, 0.29) is 18.2 Å². The van der Waals surface area contributed by atoms with E-state index in [0.29, 0.717) is 12.0 Å². The number of nitrogens with two attached hydrogens (primary N) is 1. The number of unbranched alkanes of at least 4 members (excludes halogenated alkanes) is 1. The van der Waals surface area contributed by atoms with Crippen molar-refractivity contribution in [1.82, 2.24) is 0 Å². The van der Waals surface area contributed by atoms with Crippen LogP contribution in [0.1, 0.15) is 67.2 Å². The minimum atomic E-state index is 0.205. The largest absolute Gasteiger partial charge is 0.378 e. The molecule has 19 heavy (non-hydrogen) atoms. The van der Waals surface area contributed by atoms with Crippen molar-refractivity contribution in [2.24, 2.45) is 11.7 Å². The summed E-state index contributed by atoms with van der Waals surface area (Å²) in [5.74, 6) is 0.523. The molecule has 0 saturated heterocycles. The molecular formula is C16H35NO2. The molecule has 0 amide bonds. The monoisotopic (exact) mass is 273 g/mol. The van der Waals surface area contributed by atoms with Gasteiger partial charge in [-0.15, -0.1) is 0 Å². The van der Waals surface area contributed by atoms with Gasteiger partial charge in [0.1, 0.15) is 0 Å². The van der Waals surface area contributed by atoms with Crippen LogP contribution in [0.25, 0.3) is 0 Å². The van der Waals surface area contributed by atoms with Crippen molar-refractivity contribution in [1.29, 1.82) is 0 Å². The summed E-state index contributed by atoms with van der Waals surface area (Å²) in [4.78, 5) is 0. The highest BCUT2D eigenvalue weighted by Gasteiger charge is 2.18. The summed E-state index contributed by atoms with van der Waals surface area (Å²) in [6, 6.07) is 0.205. The third-order valence-corrected chi connectivity index (χ3v) is 3.55. The van der Waals surface area contributed by atoms with Gasteiger partial charge in [0.2, 0.25) is 0 Å². The molecule has 5 atom stereocenters. The molecule has 0 heterocycles. The fourth-order valence-electron chi connectivity index (χ4n) is 2.32. The topological polar surface area (TPSA) is 44.5 Å². The maximum absolute atomic E-state index is 5.97. The van der Waals surface area contributed by atoms with Crippen LogP contribution >= 0.6 is 0 Å². The summed E-state index contributed by atoms with van der Waals surface area (Å²) in [6.45, 7) is 13.7. The molecule has 0 aliphatic heterocycles. The van der Waals surface area contributed by atoms with Crippen molar-refractivity contribution in [3.8, 4) is 0 Å². The van der Waals surface area contributed by atoms with Crippen LogP contribution in [-0.2, 0) is 9.47 Å². The van der Waals surface area contributed by atoms with Gasteiger partial charge in [-0.05, 0) is 52.9 Å². The van der Waals surface area contributed by atoms with Crippen LogP contribution in [0.5, 0.6) is 0 Å². The molecule has 0 bridgehead atoms. The van der Waals surface area contributed by atoms with Crippen LogP contribution in [0.15, 0.2) is 0 Å². The third-order valence-electron chi connectivity index (χ3n) is 3.55. The summed E-state index contributed by atoms with van der Waals surface area (Å²) in [6.07, 6.45) is 5.10. The lowest BCUT2D eigenvalue weighted by Gasteiger charge is -2.26. The Balaban J connectivity index is 3.86. The maximum atomic E-state index is 5.97. The fraction of sp³-hybridized carbons (Fsp3) is 1.00. The molecule has 0 aliphatic rings. The number of hydrogen-bond acceptors (Lipinski definition) is 3. The first kappa shape index (κ1) is 18.9. The predicted molar refractivity (Wildman–Crippen MR) is 82.4 cm³/mol. The molecule has 0 spiro atoms. The van der Waals surface area contributed by atoms with Crippen LogP contribution in [0.4, 0.5) is 0 Å². The van der Waals surface area contributed by atoms with Crippen LogP contribution < -0.4 is 5.73 Å². The van der Waals surface area contributed by atoms with E-state index in [2.05, 4.69) is 34.6 Å². The Hall–Kier alpha value is -0.120. The van der Waals surface area contributed by atoms with E-state index >= 15 is 0 Å². The molecule has 0 aliphatic carbocycles. The molecular weight excluding hydrogens is 238 g/mol. The molecule has 0 aromatic heterocycles. The standard InChI is InChI=1S/C16H35NO2/c1-7-8-9-18-16(6)12(2)10-14(4)19-15(5)11-13(3)17/h12-16H,7-11,17H2,1-6H3. The van der Waals surface area contributed by atoms with E-state index in [1.807, 2.05) is 6.92 Å². The zero-order valence-corrected chi connectivity index (χ0v) is 13.8. The van der Waals surface area contributed by atoms with Crippen molar-refractivity contribution in [2.45, 2.75) is 91.6 Å². The Morgan fingerprint density at radius 1 is 0.947 bits per heavy atom. The van der Waals surface area contributed by atoms with Gasteiger partial charge >= 0.3 is 0 Å². The van der Waals surface area contributed by atoms with Crippen molar-refractivity contribution < 1.29 is 9.47 Å². The molecule has 5 unspecified atom stereocenters. The maximum Gasteiger partial charge on any atom is 0.0573 e. The van der Waals surface area contributed by atoms with Crippen molar-refractivity contribution in [3.63, 3.8) is 0 Å². The van der Waals surface area contributed by atoms with Gasteiger partial charge in [-0.25, -0.2) is 0 Å². The summed E-state index contributed by atoms with van der Waals surface area (Å²) in [5, 5.41) is 0. The van der Waals surface area contributed by atoms with E-state index in [1.165, 1.54) is 6.42 Å². The molecule has 3 nitrogen and oxygen atoms in total. The van der Waals surface area contributed by atoms with Gasteiger partial charge in [-0.1, -0.05) is 20.3 Å².